The summed E-state index contributed by atoms with van der Waals surface area (Å²) < 4.78 is 13.0. The Labute approximate surface area is 137 Å². The zero-order valence-electron chi connectivity index (χ0n) is 11.9. The van der Waals surface area contributed by atoms with Crippen LogP contribution in [-0.4, -0.2) is 19.0 Å². The summed E-state index contributed by atoms with van der Waals surface area (Å²) in [5.74, 6) is -0.502. The van der Waals surface area contributed by atoms with Crippen LogP contribution in [0.2, 0.25) is 5.02 Å². The zero-order valence-corrected chi connectivity index (χ0v) is 13.5. The van der Waals surface area contributed by atoms with Crippen molar-refractivity contribution >= 4 is 34.5 Å². The highest BCUT2D eigenvalue weighted by molar-refractivity contribution is 7.10. The van der Waals surface area contributed by atoms with Crippen molar-refractivity contribution in [1.82, 2.24) is 0 Å². The minimum atomic E-state index is -0.411. The lowest BCUT2D eigenvalue weighted by molar-refractivity contribution is -0.910. The van der Waals surface area contributed by atoms with Gasteiger partial charge in [-0.25, -0.2) is 4.39 Å². The first-order valence-corrected chi connectivity index (χ1v) is 8.52. The van der Waals surface area contributed by atoms with Gasteiger partial charge in [0.25, 0.3) is 5.91 Å². The summed E-state index contributed by atoms with van der Waals surface area (Å²) in [5, 5.41) is 5.07. The molecule has 2 heterocycles. The molecule has 2 atom stereocenters. The number of nitrogens with one attached hydrogen (secondary N) is 2. The van der Waals surface area contributed by atoms with Crippen molar-refractivity contribution in [1.29, 1.82) is 0 Å². The molecule has 1 aliphatic rings. The van der Waals surface area contributed by atoms with E-state index < -0.39 is 5.82 Å². The van der Waals surface area contributed by atoms with Crippen LogP contribution in [0.25, 0.3) is 0 Å². The smallest absolute Gasteiger partial charge is 0.279 e. The molecular weight excluding hydrogens is 323 g/mol. The van der Waals surface area contributed by atoms with E-state index >= 15 is 0 Å². The minimum Gasteiger partial charge on any atom is -0.320 e. The SMILES string of the molecule is O=C(C[NH+]1CCC[C@H]1c1cccs1)Nc1ccc(F)cc1Cl. The number of hydrogen-bond donors (Lipinski definition) is 2. The number of rotatable bonds is 4. The molecule has 3 nitrogen and oxygen atoms in total. The highest BCUT2D eigenvalue weighted by Gasteiger charge is 2.32. The van der Waals surface area contributed by atoms with Gasteiger partial charge in [-0.05, 0) is 29.6 Å². The highest BCUT2D eigenvalue weighted by atomic mass is 35.5. The summed E-state index contributed by atoms with van der Waals surface area (Å²) in [6.45, 7) is 1.39. The minimum absolute atomic E-state index is 0.0908. The van der Waals surface area contributed by atoms with Gasteiger partial charge in [-0.2, -0.15) is 0 Å². The maximum Gasteiger partial charge on any atom is 0.279 e. The van der Waals surface area contributed by atoms with Crippen LogP contribution in [0.5, 0.6) is 0 Å². The molecule has 1 aromatic carbocycles. The second-order valence-electron chi connectivity index (χ2n) is 5.47. The second-order valence-corrected chi connectivity index (χ2v) is 6.85. The summed E-state index contributed by atoms with van der Waals surface area (Å²) in [6, 6.07) is 8.57. The van der Waals surface area contributed by atoms with Gasteiger partial charge < -0.3 is 10.2 Å². The number of benzene rings is 1. The maximum absolute atomic E-state index is 13.0. The Bertz CT molecular complexity index is 662. The van der Waals surface area contributed by atoms with Crippen LogP contribution in [0.1, 0.15) is 23.8 Å². The fourth-order valence-corrected chi connectivity index (χ4v) is 4.08. The van der Waals surface area contributed by atoms with Crippen LogP contribution in [0.15, 0.2) is 35.7 Å². The van der Waals surface area contributed by atoms with E-state index in [2.05, 4.69) is 16.8 Å². The molecule has 1 unspecified atom stereocenters. The molecule has 1 aromatic heterocycles. The molecular formula is C16H17ClFN2OS+. The van der Waals surface area contributed by atoms with E-state index in [1.54, 1.807) is 11.3 Å². The van der Waals surface area contributed by atoms with Gasteiger partial charge in [0.2, 0.25) is 0 Å². The predicted molar refractivity (Wildman–Crippen MR) is 87.0 cm³/mol. The van der Waals surface area contributed by atoms with Crippen molar-refractivity contribution in [2.24, 2.45) is 0 Å². The quantitative estimate of drug-likeness (QED) is 0.882. The molecule has 1 aliphatic heterocycles. The van der Waals surface area contributed by atoms with Crippen molar-refractivity contribution in [2.75, 3.05) is 18.4 Å². The van der Waals surface area contributed by atoms with Crippen LogP contribution in [0.3, 0.4) is 0 Å². The first kappa shape index (κ1) is 15.5. The lowest BCUT2D eigenvalue weighted by atomic mass is 10.2. The van der Waals surface area contributed by atoms with Gasteiger partial charge in [-0.15, -0.1) is 11.3 Å². The van der Waals surface area contributed by atoms with Crippen molar-refractivity contribution < 1.29 is 14.1 Å². The molecule has 2 aromatic rings. The van der Waals surface area contributed by atoms with Crippen LogP contribution in [-0.2, 0) is 4.79 Å². The zero-order chi connectivity index (χ0) is 15.5. The molecule has 22 heavy (non-hydrogen) atoms. The molecule has 0 spiro atoms. The number of anilines is 1. The molecule has 0 aliphatic carbocycles. The van der Waals surface area contributed by atoms with Gasteiger partial charge in [0, 0.05) is 12.8 Å². The topological polar surface area (TPSA) is 33.5 Å². The first-order valence-electron chi connectivity index (χ1n) is 7.26. The van der Waals surface area contributed by atoms with Crippen molar-refractivity contribution in [3.05, 3.63) is 51.4 Å². The molecule has 0 saturated carbocycles. The summed E-state index contributed by atoms with van der Waals surface area (Å²) in [7, 11) is 0. The molecule has 2 N–H and O–H groups in total. The maximum atomic E-state index is 13.0. The van der Waals surface area contributed by atoms with E-state index in [4.69, 9.17) is 11.6 Å². The summed E-state index contributed by atoms with van der Waals surface area (Å²) >= 11 is 7.68. The fraction of sp³-hybridized carbons (Fsp3) is 0.312. The molecule has 0 radical (unpaired) electrons. The third kappa shape index (κ3) is 3.48. The Morgan fingerprint density at radius 2 is 2.32 bits per heavy atom. The van der Waals surface area contributed by atoms with Gasteiger partial charge in [0.05, 0.1) is 22.1 Å². The monoisotopic (exact) mass is 339 g/mol. The van der Waals surface area contributed by atoms with Crippen LogP contribution in [0.4, 0.5) is 10.1 Å². The van der Waals surface area contributed by atoms with E-state index in [1.807, 2.05) is 6.07 Å². The number of halogens is 2. The molecule has 116 valence electrons. The van der Waals surface area contributed by atoms with E-state index in [0.717, 1.165) is 19.4 Å². The average molecular weight is 340 g/mol. The van der Waals surface area contributed by atoms with Gasteiger partial charge >= 0.3 is 0 Å². The normalized spacial score (nSPS) is 21.0. The summed E-state index contributed by atoms with van der Waals surface area (Å²) in [5.41, 5.74) is 0.458. The van der Waals surface area contributed by atoms with Gasteiger partial charge in [-0.1, -0.05) is 17.7 Å². The number of hydrogen-bond acceptors (Lipinski definition) is 2. The van der Waals surface area contributed by atoms with Crippen LogP contribution < -0.4 is 10.2 Å². The molecule has 0 bridgehead atoms. The van der Waals surface area contributed by atoms with Crippen molar-refractivity contribution in [2.45, 2.75) is 18.9 Å². The first-order chi connectivity index (χ1) is 10.6. The molecule has 6 heteroatoms. The Morgan fingerprint density at radius 1 is 1.45 bits per heavy atom. The number of amides is 1. The molecule has 3 rings (SSSR count). The lowest BCUT2D eigenvalue weighted by Gasteiger charge is -2.20. The van der Waals surface area contributed by atoms with Gasteiger partial charge in [0.1, 0.15) is 11.9 Å². The van der Waals surface area contributed by atoms with Crippen molar-refractivity contribution in [3.8, 4) is 0 Å². The molecule has 1 fully saturated rings. The van der Waals surface area contributed by atoms with E-state index in [-0.39, 0.29) is 10.9 Å². The third-order valence-electron chi connectivity index (χ3n) is 3.96. The fourth-order valence-electron chi connectivity index (χ4n) is 2.95. The standard InChI is InChI=1S/C16H16ClFN2OS/c17-12-9-11(18)5-6-13(12)19-16(21)10-20-7-1-3-14(20)15-4-2-8-22-15/h2,4-6,8-9,14H,1,3,7,10H2,(H,19,21)/p+1/t14-/m0/s1. The molecule has 1 amide bonds. The number of quaternary nitrogens is 1. The number of likely N-dealkylation sites (tertiary alicyclic amines) is 1. The molecule has 1 saturated heterocycles. The summed E-state index contributed by atoms with van der Waals surface area (Å²) in [4.78, 5) is 14.8. The predicted octanol–water partition coefficient (Wildman–Crippen LogP) is 2.90. The van der Waals surface area contributed by atoms with Gasteiger partial charge in [0.15, 0.2) is 6.54 Å². The Balaban J connectivity index is 1.64. The van der Waals surface area contributed by atoms with E-state index in [0.29, 0.717) is 18.3 Å². The second kappa shape index (κ2) is 6.77. The van der Waals surface area contributed by atoms with Crippen molar-refractivity contribution in [3.63, 3.8) is 0 Å². The van der Waals surface area contributed by atoms with Crippen LogP contribution >= 0.6 is 22.9 Å². The van der Waals surface area contributed by atoms with Gasteiger partial charge in [-0.3, -0.25) is 4.79 Å². The third-order valence-corrected chi connectivity index (χ3v) is 5.26. The average Bonchev–Trinajstić information content (AvgIpc) is 3.12. The Kier molecular flexibility index (Phi) is 4.76. The largest absolute Gasteiger partial charge is 0.320 e. The Hall–Kier alpha value is -1.43. The number of thiophene rings is 1. The van der Waals surface area contributed by atoms with E-state index in [9.17, 15) is 9.18 Å². The van der Waals surface area contributed by atoms with E-state index in [1.165, 1.54) is 28.0 Å². The Morgan fingerprint density at radius 3 is 3.05 bits per heavy atom. The summed E-state index contributed by atoms with van der Waals surface area (Å²) in [6.07, 6.45) is 2.24. The highest BCUT2D eigenvalue weighted by Crippen LogP contribution is 2.24. The lowest BCUT2D eigenvalue weighted by Crippen LogP contribution is -3.11. The van der Waals surface area contributed by atoms with Crippen LogP contribution in [0, 0.1) is 5.82 Å². The number of carbonyl (C=O) groups is 1. The number of carbonyl (C=O) groups excluding carboxylic acids is 1.